The highest BCUT2D eigenvalue weighted by Crippen LogP contribution is 2.45. The van der Waals surface area contributed by atoms with Gasteiger partial charge in [-0.2, -0.15) is 13.2 Å². The first kappa shape index (κ1) is 11.6. The van der Waals surface area contributed by atoms with E-state index in [4.69, 9.17) is 4.55 Å². The lowest BCUT2D eigenvalue weighted by atomic mass is 10.1. The van der Waals surface area contributed by atoms with Gasteiger partial charge >= 0.3 is 6.18 Å². The Morgan fingerprint density at radius 3 is 2.38 bits per heavy atom. The average Bonchev–Trinajstić information content (AvgIpc) is 2.98. The normalized spacial score (nSPS) is 18.5. The molecule has 1 N–H and O–H groups in total. The first-order valence-corrected chi connectivity index (χ1v) is 5.83. The molecule has 0 aliphatic heterocycles. The zero-order chi connectivity index (χ0) is 11.9. The van der Waals surface area contributed by atoms with Gasteiger partial charge < -0.3 is 4.55 Å². The molecule has 1 aromatic carbocycles. The number of alkyl halides is 3. The minimum Gasteiger partial charge on any atom is -0.302 e. The smallest absolute Gasteiger partial charge is 0.302 e. The monoisotopic (exact) mass is 250 g/mol. The molecule has 1 aliphatic carbocycles. The summed E-state index contributed by atoms with van der Waals surface area (Å²) < 4.78 is 57.9. The van der Waals surface area contributed by atoms with Gasteiger partial charge in [0.05, 0.1) is 10.5 Å². The maximum absolute atomic E-state index is 12.6. The maximum atomic E-state index is 12.6. The highest BCUT2D eigenvalue weighted by Gasteiger charge is 2.38. The van der Waals surface area contributed by atoms with E-state index in [0.29, 0.717) is 5.56 Å². The van der Waals surface area contributed by atoms with E-state index < -0.39 is 27.7 Å². The largest absolute Gasteiger partial charge is 0.417 e. The molecule has 0 radical (unpaired) electrons. The Morgan fingerprint density at radius 2 is 1.94 bits per heavy atom. The van der Waals surface area contributed by atoms with Gasteiger partial charge in [-0.1, -0.05) is 12.1 Å². The van der Waals surface area contributed by atoms with Crippen molar-refractivity contribution in [3.63, 3.8) is 0 Å². The average molecular weight is 250 g/mol. The van der Waals surface area contributed by atoms with Crippen LogP contribution in [0.1, 0.15) is 29.9 Å². The van der Waals surface area contributed by atoms with Gasteiger partial charge in [-0.15, -0.1) is 0 Å². The summed E-state index contributed by atoms with van der Waals surface area (Å²) in [6.07, 6.45) is -3.02. The summed E-state index contributed by atoms with van der Waals surface area (Å²) in [5.74, 6) is 0.00778. The van der Waals surface area contributed by atoms with Crippen LogP contribution in [-0.2, 0) is 17.3 Å². The van der Waals surface area contributed by atoms with Crippen LogP contribution in [0.15, 0.2) is 23.1 Å². The SMILES string of the molecule is O=S(O)c1c(C2CC2)cccc1C(F)(F)F. The Labute approximate surface area is 92.8 Å². The van der Waals surface area contributed by atoms with Gasteiger partial charge in [-0.3, -0.25) is 0 Å². The molecule has 88 valence electrons. The molecule has 6 heteroatoms. The van der Waals surface area contributed by atoms with Crippen LogP contribution in [0.4, 0.5) is 13.2 Å². The van der Waals surface area contributed by atoms with Crippen molar-refractivity contribution in [2.75, 3.05) is 0 Å². The van der Waals surface area contributed by atoms with E-state index in [1.54, 1.807) is 0 Å². The van der Waals surface area contributed by atoms with Gasteiger partial charge in [-0.25, -0.2) is 4.21 Å². The second kappa shape index (κ2) is 3.85. The fraction of sp³-hybridized carbons (Fsp3) is 0.400. The van der Waals surface area contributed by atoms with Crippen LogP contribution in [0.25, 0.3) is 0 Å². The lowest BCUT2D eigenvalue weighted by Crippen LogP contribution is -2.11. The molecule has 1 atom stereocenters. The minimum absolute atomic E-state index is 0.00778. The number of halogens is 3. The van der Waals surface area contributed by atoms with Crippen LogP contribution < -0.4 is 0 Å². The standard InChI is InChI=1S/C10H9F3O2S/c11-10(12,13)8-3-1-2-7(6-4-5-6)9(8)16(14)15/h1-3,6H,4-5H2,(H,14,15). The third-order valence-corrected chi connectivity index (χ3v) is 3.35. The Bertz CT molecular complexity index is 438. The molecule has 16 heavy (non-hydrogen) atoms. The summed E-state index contributed by atoms with van der Waals surface area (Å²) in [7, 11) is 0. The molecule has 0 amide bonds. The summed E-state index contributed by atoms with van der Waals surface area (Å²) in [5, 5.41) is 0. The van der Waals surface area contributed by atoms with Crippen LogP contribution in [0, 0.1) is 0 Å². The third-order valence-electron chi connectivity index (χ3n) is 2.54. The van der Waals surface area contributed by atoms with Crippen LogP contribution >= 0.6 is 0 Å². The first-order chi connectivity index (χ1) is 7.41. The highest BCUT2D eigenvalue weighted by atomic mass is 32.2. The number of rotatable bonds is 2. The van der Waals surface area contributed by atoms with Gasteiger partial charge in [0.2, 0.25) is 0 Å². The summed E-state index contributed by atoms with van der Waals surface area (Å²) in [6, 6.07) is 3.62. The molecule has 2 rings (SSSR count). The molecule has 0 aromatic heterocycles. The van der Waals surface area contributed by atoms with Gasteiger partial charge in [0.15, 0.2) is 11.1 Å². The van der Waals surface area contributed by atoms with Gasteiger partial charge in [0.25, 0.3) is 0 Å². The van der Waals surface area contributed by atoms with Crippen molar-refractivity contribution in [2.45, 2.75) is 29.8 Å². The Balaban J connectivity index is 2.60. The minimum atomic E-state index is -4.58. The molecule has 0 saturated heterocycles. The first-order valence-electron chi connectivity index (χ1n) is 4.72. The summed E-state index contributed by atoms with van der Waals surface area (Å²) in [5.41, 5.74) is -0.645. The van der Waals surface area contributed by atoms with Crippen molar-refractivity contribution < 1.29 is 21.9 Å². The van der Waals surface area contributed by atoms with Crippen LogP contribution in [0.5, 0.6) is 0 Å². The fourth-order valence-electron chi connectivity index (χ4n) is 1.69. The number of hydrogen-bond acceptors (Lipinski definition) is 1. The lowest BCUT2D eigenvalue weighted by Gasteiger charge is -2.13. The van der Waals surface area contributed by atoms with Crippen molar-refractivity contribution in [3.8, 4) is 0 Å². The second-order valence-corrected chi connectivity index (χ2v) is 4.65. The Kier molecular flexibility index (Phi) is 2.79. The molecule has 1 saturated carbocycles. The number of hydrogen-bond donors (Lipinski definition) is 1. The molecule has 1 aliphatic rings. The molecule has 1 fully saturated rings. The third kappa shape index (κ3) is 2.12. The van der Waals surface area contributed by atoms with Crippen LogP contribution in [0.3, 0.4) is 0 Å². The quantitative estimate of drug-likeness (QED) is 0.818. The zero-order valence-electron chi connectivity index (χ0n) is 8.12. The summed E-state index contributed by atoms with van der Waals surface area (Å²) >= 11 is -2.60. The number of benzene rings is 1. The van der Waals surface area contributed by atoms with Gasteiger partial charge in [0.1, 0.15) is 0 Å². The van der Waals surface area contributed by atoms with Crippen LogP contribution in [-0.4, -0.2) is 8.76 Å². The van der Waals surface area contributed by atoms with E-state index >= 15 is 0 Å². The second-order valence-electron chi connectivity index (χ2n) is 3.75. The van der Waals surface area contributed by atoms with Gasteiger partial charge in [-0.05, 0) is 30.4 Å². The summed E-state index contributed by atoms with van der Waals surface area (Å²) in [6.45, 7) is 0. The van der Waals surface area contributed by atoms with E-state index in [9.17, 15) is 17.4 Å². The molecule has 1 aromatic rings. The van der Waals surface area contributed by atoms with Crippen molar-refractivity contribution in [3.05, 3.63) is 29.3 Å². The zero-order valence-corrected chi connectivity index (χ0v) is 8.94. The maximum Gasteiger partial charge on any atom is 0.417 e. The van der Waals surface area contributed by atoms with E-state index in [2.05, 4.69) is 0 Å². The highest BCUT2D eigenvalue weighted by molar-refractivity contribution is 7.79. The van der Waals surface area contributed by atoms with Crippen molar-refractivity contribution >= 4 is 11.1 Å². The Hall–Kier alpha value is -0.880. The molecule has 0 bridgehead atoms. The predicted octanol–water partition coefficient (Wildman–Crippen LogP) is 3.16. The molecule has 1 unspecified atom stereocenters. The van der Waals surface area contributed by atoms with Crippen LogP contribution in [0.2, 0.25) is 0 Å². The molecular weight excluding hydrogens is 241 g/mol. The molecule has 0 spiro atoms. The topological polar surface area (TPSA) is 37.3 Å². The van der Waals surface area contributed by atoms with Crippen molar-refractivity contribution in [2.24, 2.45) is 0 Å². The summed E-state index contributed by atoms with van der Waals surface area (Å²) in [4.78, 5) is -0.475. The molecule has 0 heterocycles. The van der Waals surface area contributed by atoms with E-state index in [1.165, 1.54) is 12.1 Å². The van der Waals surface area contributed by atoms with E-state index in [1.807, 2.05) is 0 Å². The molecular formula is C10H9F3O2S. The van der Waals surface area contributed by atoms with Crippen molar-refractivity contribution in [1.29, 1.82) is 0 Å². The molecule has 2 nitrogen and oxygen atoms in total. The fourth-order valence-corrected chi connectivity index (χ4v) is 2.50. The predicted molar refractivity (Wildman–Crippen MR) is 52.5 cm³/mol. The Morgan fingerprint density at radius 1 is 1.31 bits per heavy atom. The van der Waals surface area contributed by atoms with Gasteiger partial charge in [0, 0.05) is 0 Å². The lowest BCUT2D eigenvalue weighted by molar-refractivity contribution is -0.140. The van der Waals surface area contributed by atoms with E-state index in [-0.39, 0.29) is 5.92 Å². The van der Waals surface area contributed by atoms with Crippen molar-refractivity contribution in [1.82, 2.24) is 0 Å². The van der Waals surface area contributed by atoms with E-state index in [0.717, 1.165) is 18.9 Å².